The van der Waals surface area contributed by atoms with Crippen molar-refractivity contribution in [2.75, 3.05) is 32.2 Å². The minimum absolute atomic E-state index is 0.152. The number of rotatable bonds is 8. The molecule has 0 heterocycles. The van der Waals surface area contributed by atoms with Gasteiger partial charge in [0.2, 0.25) is 0 Å². The van der Waals surface area contributed by atoms with E-state index < -0.39 is 5.97 Å². The third-order valence-electron chi connectivity index (χ3n) is 4.53. The number of ether oxygens (including phenoxy) is 2. The average Bonchev–Trinajstić information content (AvgIpc) is 2.70. The maximum Gasteiger partial charge on any atom is 0.339 e. The number of nitrogens with zero attached hydrogens (tertiary/aromatic N) is 1. The van der Waals surface area contributed by atoms with Crippen molar-refractivity contribution in [3.63, 3.8) is 0 Å². The topological polar surface area (TPSA) is 59.0 Å². The molecule has 0 saturated carbocycles. The maximum absolute atomic E-state index is 11.6. The van der Waals surface area contributed by atoms with E-state index in [1.54, 1.807) is 25.3 Å². The van der Waals surface area contributed by atoms with Gasteiger partial charge in [-0.15, -0.1) is 0 Å². The molecule has 5 nitrogen and oxygen atoms in total. The Morgan fingerprint density at radius 1 is 1.07 bits per heavy atom. The number of carboxylic acids is 1. The standard InChI is InChI=1S/C22H23NO4/c1-23(12-13-26-2)18-10-11-20(22(24)25)21(14-18)27-15-17-8-5-7-16-6-3-4-9-19(16)17/h3-11,14H,12-13,15H2,1-2H3,(H,24,25). The Morgan fingerprint density at radius 3 is 2.63 bits per heavy atom. The molecule has 0 amide bonds. The third kappa shape index (κ3) is 4.38. The van der Waals surface area contributed by atoms with E-state index in [0.717, 1.165) is 22.0 Å². The van der Waals surface area contributed by atoms with Gasteiger partial charge in [0.25, 0.3) is 0 Å². The summed E-state index contributed by atoms with van der Waals surface area (Å²) in [5.74, 6) is -0.647. The van der Waals surface area contributed by atoms with Gasteiger partial charge in [-0.1, -0.05) is 42.5 Å². The summed E-state index contributed by atoms with van der Waals surface area (Å²) in [6, 6.07) is 19.2. The summed E-state index contributed by atoms with van der Waals surface area (Å²) >= 11 is 0. The van der Waals surface area contributed by atoms with E-state index in [2.05, 4.69) is 0 Å². The van der Waals surface area contributed by atoms with Crippen LogP contribution in [0.5, 0.6) is 5.75 Å². The monoisotopic (exact) mass is 365 g/mol. The Labute approximate surface area is 158 Å². The molecule has 27 heavy (non-hydrogen) atoms. The fourth-order valence-electron chi connectivity index (χ4n) is 2.98. The van der Waals surface area contributed by atoms with Gasteiger partial charge in [-0.2, -0.15) is 0 Å². The summed E-state index contributed by atoms with van der Waals surface area (Å²) in [6.45, 7) is 1.59. The highest BCUT2D eigenvalue weighted by molar-refractivity contribution is 5.91. The first-order valence-corrected chi connectivity index (χ1v) is 8.77. The molecule has 0 aliphatic rings. The van der Waals surface area contributed by atoms with Crippen molar-refractivity contribution in [1.29, 1.82) is 0 Å². The number of benzene rings is 3. The fourth-order valence-corrected chi connectivity index (χ4v) is 2.98. The lowest BCUT2D eigenvalue weighted by molar-refractivity contribution is 0.0692. The van der Waals surface area contributed by atoms with Crippen LogP contribution in [0.1, 0.15) is 15.9 Å². The fraction of sp³-hybridized carbons (Fsp3) is 0.227. The van der Waals surface area contributed by atoms with Gasteiger partial charge in [0.15, 0.2) is 0 Å². The van der Waals surface area contributed by atoms with E-state index in [1.807, 2.05) is 54.4 Å². The van der Waals surface area contributed by atoms with Crippen LogP contribution < -0.4 is 9.64 Å². The molecule has 0 fully saturated rings. The van der Waals surface area contributed by atoms with Crippen LogP contribution in [0.3, 0.4) is 0 Å². The van der Waals surface area contributed by atoms with Crippen LogP contribution in [0.15, 0.2) is 60.7 Å². The van der Waals surface area contributed by atoms with Crippen LogP contribution in [0.2, 0.25) is 0 Å². The predicted octanol–water partition coefficient (Wildman–Crippen LogP) is 4.20. The summed E-state index contributed by atoms with van der Waals surface area (Å²) in [4.78, 5) is 13.6. The van der Waals surface area contributed by atoms with E-state index in [0.29, 0.717) is 25.5 Å². The number of carbonyl (C=O) groups is 1. The lowest BCUT2D eigenvalue weighted by atomic mass is 10.1. The number of aromatic carboxylic acids is 1. The van der Waals surface area contributed by atoms with Crippen molar-refractivity contribution in [2.45, 2.75) is 6.61 Å². The molecule has 0 radical (unpaired) electrons. The number of hydrogen-bond donors (Lipinski definition) is 1. The zero-order valence-electron chi connectivity index (χ0n) is 15.5. The van der Waals surface area contributed by atoms with Crippen LogP contribution in [0, 0.1) is 0 Å². The van der Waals surface area contributed by atoms with Gasteiger partial charge >= 0.3 is 5.97 Å². The molecule has 0 saturated heterocycles. The van der Waals surface area contributed by atoms with Gasteiger partial charge in [-0.3, -0.25) is 0 Å². The van der Waals surface area contributed by atoms with Crippen LogP contribution in [0.25, 0.3) is 10.8 Å². The lowest BCUT2D eigenvalue weighted by Gasteiger charge is -2.20. The number of carboxylic acid groups (broad SMARTS) is 1. The summed E-state index contributed by atoms with van der Waals surface area (Å²) in [7, 11) is 3.59. The second-order valence-electron chi connectivity index (χ2n) is 6.33. The maximum atomic E-state index is 11.6. The third-order valence-corrected chi connectivity index (χ3v) is 4.53. The largest absolute Gasteiger partial charge is 0.488 e. The molecule has 3 aromatic rings. The van der Waals surface area contributed by atoms with Crippen molar-refractivity contribution in [1.82, 2.24) is 0 Å². The number of likely N-dealkylation sites (N-methyl/N-ethyl adjacent to an activating group) is 1. The lowest BCUT2D eigenvalue weighted by Crippen LogP contribution is -2.22. The van der Waals surface area contributed by atoms with Crippen LogP contribution >= 0.6 is 0 Å². The Kier molecular flexibility index (Phi) is 5.94. The summed E-state index contributed by atoms with van der Waals surface area (Å²) in [6.07, 6.45) is 0. The Bertz CT molecular complexity index is 933. The summed E-state index contributed by atoms with van der Waals surface area (Å²) < 4.78 is 11.1. The highest BCUT2D eigenvalue weighted by Crippen LogP contribution is 2.27. The molecule has 0 aromatic heterocycles. The molecule has 0 spiro atoms. The SMILES string of the molecule is COCCN(C)c1ccc(C(=O)O)c(OCc2cccc3ccccc23)c1. The average molecular weight is 365 g/mol. The van der Waals surface area contributed by atoms with Crippen LogP contribution in [-0.4, -0.2) is 38.4 Å². The Hall–Kier alpha value is -3.05. The van der Waals surface area contributed by atoms with Crippen molar-refractivity contribution >= 4 is 22.4 Å². The molecule has 140 valence electrons. The van der Waals surface area contributed by atoms with E-state index in [4.69, 9.17) is 9.47 Å². The van der Waals surface area contributed by atoms with Gasteiger partial charge in [-0.05, 0) is 28.5 Å². The molecule has 0 unspecified atom stereocenters. The van der Waals surface area contributed by atoms with Crippen molar-refractivity contribution < 1.29 is 19.4 Å². The summed E-state index contributed by atoms with van der Waals surface area (Å²) in [5.41, 5.74) is 2.05. The number of fused-ring (bicyclic) bond motifs is 1. The smallest absolute Gasteiger partial charge is 0.339 e. The van der Waals surface area contributed by atoms with E-state index in [9.17, 15) is 9.90 Å². The zero-order chi connectivity index (χ0) is 19.2. The molecule has 0 aliphatic carbocycles. The second kappa shape index (κ2) is 8.56. The zero-order valence-corrected chi connectivity index (χ0v) is 15.5. The second-order valence-corrected chi connectivity index (χ2v) is 6.33. The quantitative estimate of drug-likeness (QED) is 0.648. The molecule has 3 rings (SSSR count). The van der Waals surface area contributed by atoms with Gasteiger partial charge in [0.05, 0.1) is 6.61 Å². The molecule has 1 N–H and O–H groups in total. The Balaban J connectivity index is 1.86. The molecular weight excluding hydrogens is 342 g/mol. The predicted molar refractivity (Wildman–Crippen MR) is 107 cm³/mol. The normalized spacial score (nSPS) is 10.7. The van der Waals surface area contributed by atoms with E-state index >= 15 is 0 Å². The summed E-state index contributed by atoms with van der Waals surface area (Å²) in [5, 5.41) is 11.7. The molecule has 3 aromatic carbocycles. The molecular formula is C22H23NO4. The van der Waals surface area contributed by atoms with Gasteiger partial charge in [-0.25, -0.2) is 4.79 Å². The molecule has 5 heteroatoms. The van der Waals surface area contributed by atoms with Crippen LogP contribution in [0.4, 0.5) is 5.69 Å². The minimum Gasteiger partial charge on any atom is -0.488 e. The molecule has 0 bridgehead atoms. The van der Waals surface area contributed by atoms with Gasteiger partial charge in [0.1, 0.15) is 17.9 Å². The number of hydrogen-bond acceptors (Lipinski definition) is 4. The highest BCUT2D eigenvalue weighted by Gasteiger charge is 2.14. The van der Waals surface area contributed by atoms with Gasteiger partial charge in [0, 0.05) is 32.5 Å². The van der Waals surface area contributed by atoms with E-state index in [1.165, 1.54) is 0 Å². The first-order chi connectivity index (χ1) is 13.1. The molecule has 0 aliphatic heterocycles. The van der Waals surface area contributed by atoms with Crippen molar-refractivity contribution in [3.8, 4) is 5.75 Å². The van der Waals surface area contributed by atoms with Gasteiger partial charge < -0.3 is 19.5 Å². The first-order valence-electron chi connectivity index (χ1n) is 8.77. The number of methoxy groups -OCH3 is 1. The highest BCUT2D eigenvalue weighted by atomic mass is 16.5. The molecule has 0 atom stereocenters. The minimum atomic E-state index is -1.01. The number of anilines is 1. The van der Waals surface area contributed by atoms with Crippen molar-refractivity contribution in [2.24, 2.45) is 0 Å². The van der Waals surface area contributed by atoms with Crippen LogP contribution in [-0.2, 0) is 11.3 Å². The first kappa shape index (κ1) is 18.7. The van der Waals surface area contributed by atoms with Crippen molar-refractivity contribution in [3.05, 3.63) is 71.8 Å². The van der Waals surface area contributed by atoms with E-state index in [-0.39, 0.29) is 5.56 Å². The Morgan fingerprint density at radius 2 is 1.85 bits per heavy atom.